The highest BCUT2D eigenvalue weighted by Gasteiger charge is 2.16. The van der Waals surface area contributed by atoms with Gasteiger partial charge in [-0.2, -0.15) is 0 Å². The Balaban J connectivity index is 0.00000480. The number of aliphatic imine (C=N–C) groups is 1. The quantitative estimate of drug-likeness (QED) is 0.225. The zero-order valence-electron chi connectivity index (χ0n) is 19.8. The number of nitrogens with zero attached hydrogens (tertiary/aromatic N) is 2. The van der Waals surface area contributed by atoms with Crippen LogP contribution in [-0.4, -0.2) is 61.5 Å². The number of aliphatic hydroxyl groups is 1. The number of ether oxygens (including phenoxy) is 1. The number of hydrogen-bond donors (Lipinski definition) is 3. The molecule has 31 heavy (non-hydrogen) atoms. The summed E-state index contributed by atoms with van der Waals surface area (Å²) in [5, 5.41) is 16.2. The van der Waals surface area contributed by atoms with Gasteiger partial charge in [-0.1, -0.05) is 38.1 Å². The van der Waals surface area contributed by atoms with Crippen molar-refractivity contribution in [2.24, 2.45) is 16.8 Å². The van der Waals surface area contributed by atoms with Crippen LogP contribution in [0.15, 0.2) is 29.3 Å². The maximum absolute atomic E-state index is 9.34. The molecule has 0 amide bonds. The van der Waals surface area contributed by atoms with E-state index in [4.69, 9.17) is 9.73 Å². The highest BCUT2D eigenvalue weighted by molar-refractivity contribution is 14.0. The number of hydrogen-bond acceptors (Lipinski definition) is 4. The molecule has 0 radical (unpaired) electrons. The predicted octanol–water partition coefficient (Wildman–Crippen LogP) is 3.63. The lowest BCUT2D eigenvalue weighted by molar-refractivity contribution is -0.0212. The van der Waals surface area contributed by atoms with E-state index in [0.717, 1.165) is 58.1 Å². The summed E-state index contributed by atoms with van der Waals surface area (Å²) < 4.78 is 5.65. The first kappa shape index (κ1) is 28.1. The predicted molar refractivity (Wildman–Crippen MR) is 140 cm³/mol. The van der Waals surface area contributed by atoms with Gasteiger partial charge in [-0.05, 0) is 49.7 Å². The summed E-state index contributed by atoms with van der Waals surface area (Å²) in [6, 6.07) is 8.74. The maximum Gasteiger partial charge on any atom is 0.191 e. The molecule has 2 unspecified atom stereocenters. The van der Waals surface area contributed by atoms with E-state index in [-0.39, 0.29) is 30.6 Å². The summed E-state index contributed by atoms with van der Waals surface area (Å²) in [6.07, 6.45) is 2.24. The van der Waals surface area contributed by atoms with Gasteiger partial charge in [0.25, 0.3) is 0 Å². The van der Waals surface area contributed by atoms with E-state index in [0.29, 0.717) is 24.5 Å². The third-order valence-corrected chi connectivity index (χ3v) is 5.39. The van der Waals surface area contributed by atoms with Crippen LogP contribution in [0.3, 0.4) is 0 Å². The molecule has 2 rings (SSSR count). The van der Waals surface area contributed by atoms with E-state index in [9.17, 15) is 5.11 Å². The zero-order valence-corrected chi connectivity index (χ0v) is 22.1. The van der Waals surface area contributed by atoms with Crippen LogP contribution < -0.4 is 10.6 Å². The van der Waals surface area contributed by atoms with Crippen LogP contribution in [0.4, 0.5) is 0 Å². The fourth-order valence-corrected chi connectivity index (χ4v) is 4.02. The van der Waals surface area contributed by atoms with Crippen LogP contribution in [-0.2, 0) is 17.8 Å². The van der Waals surface area contributed by atoms with E-state index in [1.165, 1.54) is 11.1 Å². The van der Waals surface area contributed by atoms with Gasteiger partial charge < -0.3 is 20.5 Å². The van der Waals surface area contributed by atoms with E-state index in [1.54, 1.807) is 0 Å². The van der Waals surface area contributed by atoms with Gasteiger partial charge in [0.1, 0.15) is 0 Å². The van der Waals surface area contributed by atoms with Crippen LogP contribution in [0.2, 0.25) is 0 Å². The van der Waals surface area contributed by atoms with Crippen LogP contribution in [0.1, 0.15) is 51.7 Å². The summed E-state index contributed by atoms with van der Waals surface area (Å²) in [5.41, 5.74) is 2.55. The largest absolute Gasteiger partial charge is 0.396 e. The van der Waals surface area contributed by atoms with Crippen molar-refractivity contribution in [3.8, 4) is 0 Å². The van der Waals surface area contributed by atoms with Gasteiger partial charge in [0.15, 0.2) is 5.96 Å². The van der Waals surface area contributed by atoms with E-state index in [2.05, 4.69) is 67.5 Å². The first-order valence-electron chi connectivity index (χ1n) is 11.5. The molecule has 1 aromatic rings. The van der Waals surface area contributed by atoms with Crippen molar-refractivity contribution < 1.29 is 9.84 Å². The Hall–Kier alpha value is -0.900. The van der Waals surface area contributed by atoms with Crippen molar-refractivity contribution in [1.82, 2.24) is 15.5 Å². The lowest BCUT2D eigenvalue weighted by Crippen LogP contribution is -2.40. The van der Waals surface area contributed by atoms with Crippen molar-refractivity contribution in [1.29, 1.82) is 0 Å². The van der Waals surface area contributed by atoms with Gasteiger partial charge in [0.05, 0.1) is 19.3 Å². The molecule has 1 aromatic carbocycles. The van der Waals surface area contributed by atoms with Crippen molar-refractivity contribution in [2.45, 2.75) is 59.7 Å². The molecule has 1 aliphatic rings. The third-order valence-electron chi connectivity index (χ3n) is 5.39. The Morgan fingerprint density at radius 1 is 1.29 bits per heavy atom. The van der Waals surface area contributed by atoms with Crippen molar-refractivity contribution in [3.63, 3.8) is 0 Å². The number of halogens is 1. The summed E-state index contributed by atoms with van der Waals surface area (Å²) >= 11 is 0. The van der Waals surface area contributed by atoms with Crippen molar-refractivity contribution in [3.05, 3.63) is 35.4 Å². The molecule has 0 aliphatic carbocycles. The Kier molecular flexibility index (Phi) is 14.4. The average Bonchev–Trinajstić information content (AvgIpc) is 2.70. The minimum atomic E-state index is 0. The second-order valence-electron chi connectivity index (χ2n) is 8.82. The lowest BCUT2D eigenvalue weighted by Gasteiger charge is -2.31. The molecule has 6 nitrogen and oxygen atoms in total. The van der Waals surface area contributed by atoms with Crippen LogP contribution in [0.25, 0.3) is 0 Å². The van der Waals surface area contributed by atoms with Gasteiger partial charge >= 0.3 is 0 Å². The van der Waals surface area contributed by atoms with Gasteiger partial charge in [0, 0.05) is 39.3 Å². The molecule has 1 fully saturated rings. The molecule has 0 spiro atoms. The Morgan fingerprint density at radius 3 is 2.74 bits per heavy atom. The molecule has 1 aliphatic heterocycles. The van der Waals surface area contributed by atoms with Crippen molar-refractivity contribution >= 4 is 29.9 Å². The second-order valence-corrected chi connectivity index (χ2v) is 8.82. The van der Waals surface area contributed by atoms with Crippen LogP contribution in [0, 0.1) is 11.8 Å². The third kappa shape index (κ3) is 11.5. The Morgan fingerprint density at radius 2 is 2.06 bits per heavy atom. The van der Waals surface area contributed by atoms with Crippen molar-refractivity contribution in [2.75, 3.05) is 39.4 Å². The molecule has 1 heterocycles. The standard InChI is InChI=1S/C24H42N4O2.HI/c1-5-25-24(27-16-22(9-11-29)13-19(2)3)26-15-21-7-6-8-23(14-21)18-28-10-12-30-20(4)17-28;/h6-8,14,19-20,22,29H,5,9-13,15-18H2,1-4H3,(H2,25,26,27);1H. The van der Waals surface area contributed by atoms with Gasteiger partial charge in [-0.3, -0.25) is 4.90 Å². The van der Waals surface area contributed by atoms with Gasteiger partial charge in [-0.25, -0.2) is 4.99 Å². The summed E-state index contributed by atoms with van der Waals surface area (Å²) in [7, 11) is 0. The number of rotatable bonds is 11. The molecule has 2 atom stereocenters. The topological polar surface area (TPSA) is 69.1 Å². The molecule has 3 N–H and O–H groups in total. The minimum Gasteiger partial charge on any atom is -0.396 e. The summed E-state index contributed by atoms with van der Waals surface area (Å²) in [6.45, 7) is 15.0. The number of morpholine rings is 1. The molecule has 178 valence electrons. The molecule has 7 heteroatoms. The first-order valence-corrected chi connectivity index (χ1v) is 11.5. The second kappa shape index (κ2) is 15.8. The fourth-order valence-electron chi connectivity index (χ4n) is 4.02. The number of guanidine groups is 1. The van der Waals surface area contributed by atoms with E-state index >= 15 is 0 Å². The minimum absolute atomic E-state index is 0. The first-order chi connectivity index (χ1) is 14.5. The summed E-state index contributed by atoms with van der Waals surface area (Å²) in [4.78, 5) is 7.25. The zero-order chi connectivity index (χ0) is 21.8. The summed E-state index contributed by atoms with van der Waals surface area (Å²) in [5.74, 6) is 1.93. The van der Waals surface area contributed by atoms with Crippen LogP contribution >= 0.6 is 24.0 Å². The fraction of sp³-hybridized carbons (Fsp3) is 0.708. The van der Waals surface area contributed by atoms with Gasteiger partial charge in [0.2, 0.25) is 0 Å². The monoisotopic (exact) mass is 546 g/mol. The molecule has 1 saturated heterocycles. The van der Waals surface area contributed by atoms with E-state index < -0.39 is 0 Å². The number of benzene rings is 1. The molecule has 0 saturated carbocycles. The Bertz CT molecular complexity index is 642. The lowest BCUT2D eigenvalue weighted by atomic mass is 9.94. The smallest absolute Gasteiger partial charge is 0.191 e. The van der Waals surface area contributed by atoms with E-state index in [1.807, 2.05) is 0 Å². The SMILES string of the molecule is CCNC(=NCc1cccc(CN2CCOC(C)C2)c1)NCC(CCO)CC(C)C.I. The molecule has 0 bridgehead atoms. The molecular formula is C24H43IN4O2. The molecular weight excluding hydrogens is 503 g/mol. The highest BCUT2D eigenvalue weighted by atomic mass is 127. The van der Waals surface area contributed by atoms with Crippen LogP contribution in [0.5, 0.6) is 0 Å². The number of nitrogens with one attached hydrogen (secondary N) is 2. The maximum atomic E-state index is 9.34. The molecule has 0 aromatic heterocycles. The van der Waals surface area contributed by atoms with Gasteiger partial charge in [-0.15, -0.1) is 24.0 Å². The Labute approximate surface area is 206 Å². The average molecular weight is 547 g/mol. The number of aliphatic hydroxyl groups excluding tert-OH is 1. The normalized spacial score (nSPS) is 18.5. The highest BCUT2D eigenvalue weighted by Crippen LogP contribution is 2.15.